The summed E-state index contributed by atoms with van der Waals surface area (Å²) in [4.78, 5) is 22.9. The maximum absolute atomic E-state index is 12.3. The number of aryl methyl sites for hydroxylation is 1. The Morgan fingerprint density at radius 2 is 1.89 bits per heavy atom. The van der Waals surface area contributed by atoms with Crippen molar-refractivity contribution in [3.8, 4) is 11.5 Å². The van der Waals surface area contributed by atoms with E-state index in [1.165, 1.54) is 19.2 Å². The fourth-order valence-corrected chi connectivity index (χ4v) is 2.59. The van der Waals surface area contributed by atoms with E-state index in [4.69, 9.17) is 9.47 Å². The van der Waals surface area contributed by atoms with Gasteiger partial charge in [0.1, 0.15) is 17.2 Å². The molecular formula is C20H24N2O5. The van der Waals surface area contributed by atoms with Crippen molar-refractivity contribution in [3.05, 3.63) is 57.6 Å². The Balaban J connectivity index is 2.14. The smallest absolute Gasteiger partial charge is 0.296 e. The third-order valence-corrected chi connectivity index (χ3v) is 3.98. The zero-order chi connectivity index (χ0) is 20.2. The van der Waals surface area contributed by atoms with E-state index < -0.39 is 10.8 Å². The molecule has 0 saturated heterocycles. The van der Waals surface area contributed by atoms with E-state index in [-0.39, 0.29) is 23.4 Å². The molecule has 0 aliphatic heterocycles. The molecule has 2 aromatic carbocycles. The van der Waals surface area contributed by atoms with Gasteiger partial charge in [0.2, 0.25) is 0 Å². The minimum Gasteiger partial charge on any atom is -0.496 e. The number of nitro groups is 1. The molecule has 0 aliphatic carbocycles. The van der Waals surface area contributed by atoms with Crippen LogP contribution in [0.1, 0.15) is 31.9 Å². The molecule has 0 heterocycles. The van der Waals surface area contributed by atoms with Crippen LogP contribution in [0.4, 0.5) is 11.4 Å². The van der Waals surface area contributed by atoms with Crippen molar-refractivity contribution in [1.82, 2.24) is 0 Å². The van der Waals surface area contributed by atoms with Gasteiger partial charge in [-0.15, -0.1) is 0 Å². The van der Waals surface area contributed by atoms with Crippen LogP contribution in [-0.2, 0) is 10.2 Å². The largest absolute Gasteiger partial charge is 0.496 e. The van der Waals surface area contributed by atoms with E-state index in [9.17, 15) is 14.9 Å². The number of ether oxygens (including phenoxy) is 2. The SMILES string of the molecule is COc1ccc(NC(=O)COc2cc(C)ccc2C(C)(C)C)c([N+](=O)[O-])c1. The maximum Gasteiger partial charge on any atom is 0.296 e. The van der Waals surface area contributed by atoms with E-state index in [2.05, 4.69) is 26.1 Å². The van der Waals surface area contributed by atoms with Crippen LogP contribution in [0.5, 0.6) is 11.5 Å². The fraction of sp³-hybridized carbons (Fsp3) is 0.350. The molecule has 0 aliphatic rings. The number of methoxy groups -OCH3 is 1. The predicted molar refractivity (Wildman–Crippen MR) is 104 cm³/mol. The molecule has 0 fully saturated rings. The molecule has 1 amide bonds. The van der Waals surface area contributed by atoms with Gasteiger partial charge in [0.25, 0.3) is 11.6 Å². The number of carbonyl (C=O) groups excluding carboxylic acids is 1. The maximum atomic E-state index is 12.3. The molecule has 0 atom stereocenters. The van der Waals surface area contributed by atoms with E-state index in [1.807, 2.05) is 25.1 Å². The van der Waals surface area contributed by atoms with Crippen molar-refractivity contribution < 1.29 is 19.2 Å². The van der Waals surface area contributed by atoms with Crippen LogP contribution >= 0.6 is 0 Å². The lowest BCUT2D eigenvalue weighted by Gasteiger charge is -2.23. The van der Waals surface area contributed by atoms with Gasteiger partial charge in [0, 0.05) is 0 Å². The minimum absolute atomic E-state index is 0.0923. The third kappa shape index (κ3) is 5.20. The number of carbonyl (C=O) groups is 1. The Bertz CT molecular complexity index is 856. The van der Waals surface area contributed by atoms with Gasteiger partial charge in [0.15, 0.2) is 6.61 Å². The van der Waals surface area contributed by atoms with Crippen LogP contribution in [0.15, 0.2) is 36.4 Å². The topological polar surface area (TPSA) is 90.7 Å². The Labute approximate surface area is 158 Å². The second-order valence-corrected chi connectivity index (χ2v) is 7.23. The monoisotopic (exact) mass is 372 g/mol. The highest BCUT2D eigenvalue weighted by Gasteiger charge is 2.21. The van der Waals surface area contributed by atoms with Crippen molar-refractivity contribution in [2.45, 2.75) is 33.1 Å². The molecular weight excluding hydrogens is 348 g/mol. The minimum atomic E-state index is -0.572. The molecule has 1 N–H and O–H groups in total. The van der Waals surface area contributed by atoms with Gasteiger partial charge in [-0.05, 0) is 41.7 Å². The first-order valence-corrected chi connectivity index (χ1v) is 8.48. The second kappa shape index (κ2) is 8.07. The fourth-order valence-electron chi connectivity index (χ4n) is 2.59. The van der Waals surface area contributed by atoms with Crippen molar-refractivity contribution in [2.75, 3.05) is 19.0 Å². The predicted octanol–water partition coefficient (Wildman–Crippen LogP) is 4.23. The Morgan fingerprint density at radius 1 is 1.19 bits per heavy atom. The van der Waals surface area contributed by atoms with Crippen LogP contribution in [0.25, 0.3) is 0 Å². The summed E-state index contributed by atoms with van der Waals surface area (Å²) in [7, 11) is 1.42. The van der Waals surface area contributed by atoms with E-state index in [1.54, 1.807) is 6.07 Å². The number of nitro benzene ring substituents is 1. The first-order valence-electron chi connectivity index (χ1n) is 8.48. The van der Waals surface area contributed by atoms with Gasteiger partial charge in [-0.3, -0.25) is 14.9 Å². The number of nitrogens with zero attached hydrogens (tertiary/aromatic N) is 1. The standard InChI is InChI=1S/C20H24N2O5/c1-13-6-8-15(20(2,3)4)18(10-13)27-12-19(23)21-16-9-7-14(26-5)11-17(16)22(24)25/h6-11H,12H2,1-5H3,(H,21,23). The summed E-state index contributed by atoms with van der Waals surface area (Å²) in [6.07, 6.45) is 0. The average molecular weight is 372 g/mol. The molecule has 2 rings (SSSR count). The van der Waals surface area contributed by atoms with Crippen molar-refractivity contribution in [1.29, 1.82) is 0 Å². The number of rotatable bonds is 6. The number of amides is 1. The molecule has 27 heavy (non-hydrogen) atoms. The molecule has 2 aromatic rings. The van der Waals surface area contributed by atoms with Crippen LogP contribution in [-0.4, -0.2) is 24.5 Å². The number of hydrogen-bond donors (Lipinski definition) is 1. The average Bonchev–Trinajstić information content (AvgIpc) is 2.59. The third-order valence-electron chi connectivity index (χ3n) is 3.98. The summed E-state index contributed by atoms with van der Waals surface area (Å²) < 4.78 is 10.7. The molecule has 0 radical (unpaired) electrons. The number of anilines is 1. The lowest BCUT2D eigenvalue weighted by molar-refractivity contribution is -0.384. The summed E-state index contributed by atoms with van der Waals surface area (Å²) >= 11 is 0. The Kier molecular flexibility index (Phi) is 6.05. The van der Waals surface area contributed by atoms with Gasteiger partial charge in [0.05, 0.1) is 18.1 Å². The Hall–Kier alpha value is -3.09. The molecule has 0 saturated carbocycles. The van der Waals surface area contributed by atoms with Gasteiger partial charge in [-0.2, -0.15) is 0 Å². The first kappa shape index (κ1) is 20.2. The highest BCUT2D eigenvalue weighted by atomic mass is 16.6. The zero-order valence-corrected chi connectivity index (χ0v) is 16.2. The number of hydrogen-bond acceptors (Lipinski definition) is 5. The van der Waals surface area contributed by atoms with Crippen molar-refractivity contribution in [2.24, 2.45) is 0 Å². The van der Waals surface area contributed by atoms with Gasteiger partial charge in [-0.25, -0.2) is 0 Å². The van der Waals surface area contributed by atoms with Crippen molar-refractivity contribution >= 4 is 17.3 Å². The molecule has 7 heteroatoms. The van der Waals surface area contributed by atoms with Gasteiger partial charge < -0.3 is 14.8 Å². The van der Waals surface area contributed by atoms with E-state index in [0.717, 1.165) is 11.1 Å². The van der Waals surface area contributed by atoms with Crippen LogP contribution < -0.4 is 14.8 Å². The van der Waals surface area contributed by atoms with Crippen molar-refractivity contribution in [3.63, 3.8) is 0 Å². The summed E-state index contributed by atoms with van der Waals surface area (Å²) in [5.41, 5.74) is 1.71. The van der Waals surface area contributed by atoms with Crippen LogP contribution in [0, 0.1) is 17.0 Å². The second-order valence-electron chi connectivity index (χ2n) is 7.23. The highest BCUT2D eigenvalue weighted by Crippen LogP contribution is 2.32. The molecule has 0 aromatic heterocycles. The normalized spacial score (nSPS) is 11.0. The lowest BCUT2D eigenvalue weighted by atomic mass is 9.86. The zero-order valence-electron chi connectivity index (χ0n) is 16.2. The first-order chi connectivity index (χ1) is 12.6. The van der Waals surface area contributed by atoms with E-state index >= 15 is 0 Å². The van der Waals surface area contributed by atoms with Crippen LogP contribution in [0.3, 0.4) is 0 Å². The number of benzene rings is 2. The quantitative estimate of drug-likeness (QED) is 0.605. The molecule has 0 spiro atoms. The summed E-state index contributed by atoms with van der Waals surface area (Å²) in [6, 6.07) is 10.1. The van der Waals surface area contributed by atoms with E-state index in [0.29, 0.717) is 11.5 Å². The molecule has 144 valence electrons. The van der Waals surface area contributed by atoms with Crippen LogP contribution in [0.2, 0.25) is 0 Å². The molecule has 7 nitrogen and oxygen atoms in total. The number of nitrogens with one attached hydrogen (secondary N) is 1. The summed E-state index contributed by atoms with van der Waals surface area (Å²) in [5.74, 6) is 0.483. The molecule has 0 unspecified atom stereocenters. The Morgan fingerprint density at radius 3 is 2.48 bits per heavy atom. The highest BCUT2D eigenvalue weighted by molar-refractivity contribution is 5.94. The van der Waals surface area contributed by atoms with Gasteiger partial charge in [-0.1, -0.05) is 32.9 Å². The summed E-state index contributed by atoms with van der Waals surface area (Å²) in [6.45, 7) is 7.87. The van der Waals surface area contributed by atoms with Gasteiger partial charge >= 0.3 is 0 Å². The summed E-state index contributed by atoms with van der Waals surface area (Å²) in [5, 5.41) is 13.7. The lowest BCUT2D eigenvalue weighted by Crippen LogP contribution is -2.22. The molecule has 0 bridgehead atoms.